The van der Waals surface area contributed by atoms with Crippen molar-refractivity contribution in [1.82, 2.24) is 24.8 Å². The van der Waals surface area contributed by atoms with E-state index in [1.54, 1.807) is 17.3 Å². The first-order chi connectivity index (χ1) is 11.6. The molecule has 0 spiro atoms. The van der Waals surface area contributed by atoms with E-state index in [2.05, 4.69) is 25.2 Å². The lowest BCUT2D eigenvalue weighted by atomic mass is 10.2. The van der Waals surface area contributed by atoms with Crippen molar-refractivity contribution < 1.29 is 4.79 Å². The molecular weight excluding hydrogens is 304 g/mol. The molecule has 7 heteroatoms. The van der Waals surface area contributed by atoms with Gasteiger partial charge in [0, 0.05) is 39.6 Å². The number of nitrogens with one attached hydrogen (secondary N) is 1. The summed E-state index contributed by atoms with van der Waals surface area (Å²) in [5, 5.41) is 3.33. The van der Waals surface area contributed by atoms with Crippen molar-refractivity contribution in [3.63, 3.8) is 0 Å². The molecule has 0 aromatic carbocycles. The molecular formula is C17H24N6O. The predicted octanol–water partition coefficient (Wildman–Crippen LogP) is 1.38. The Morgan fingerprint density at radius 1 is 1.33 bits per heavy atom. The Balaban J connectivity index is 1.48. The van der Waals surface area contributed by atoms with Crippen LogP contribution in [0, 0.1) is 0 Å². The minimum absolute atomic E-state index is 0.0501. The lowest BCUT2D eigenvalue weighted by Crippen LogP contribution is -2.43. The second kappa shape index (κ2) is 7.53. The van der Waals surface area contributed by atoms with E-state index in [4.69, 9.17) is 0 Å². The number of pyridine rings is 1. The van der Waals surface area contributed by atoms with Gasteiger partial charge in [0.2, 0.25) is 5.91 Å². The van der Waals surface area contributed by atoms with Gasteiger partial charge in [0.05, 0.1) is 6.04 Å². The van der Waals surface area contributed by atoms with Crippen LogP contribution in [0.3, 0.4) is 0 Å². The Bertz CT molecular complexity index is 704. The van der Waals surface area contributed by atoms with Crippen LogP contribution in [-0.4, -0.2) is 70.4 Å². The van der Waals surface area contributed by atoms with Gasteiger partial charge < -0.3 is 10.2 Å². The Hall–Kier alpha value is -2.28. The fourth-order valence-electron chi connectivity index (χ4n) is 3.12. The molecule has 1 aliphatic rings. The summed E-state index contributed by atoms with van der Waals surface area (Å²) in [6.07, 6.45) is 6.35. The number of likely N-dealkylation sites (tertiary alicyclic amines) is 1. The van der Waals surface area contributed by atoms with Crippen LogP contribution in [0.4, 0.5) is 5.82 Å². The molecule has 1 unspecified atom stereocenters. The first-order valence-corrected chi connectivity index (χ1v) is 8.42. The number of nitrogens with zero attached hydrogens (tertiary/aromatic N) is 5. The van der Waals surface area contributed by atoms with Gasteiger partial charge >= 0.3 is 0 Å². The van der Waals surface area contributed by atoms with Gasteiger partial charge in [-0.1, -0.05) is 0 Å². The van der Waals surface area contributed by atoms with Crippen LogP contribution in [0.25, 0.3) is 11.2 Å². The Kier molecular flexibility index (Phi) is 5.20. The lowest BCUT2D eigenvalue weighted by Gasteiger charge is -2.26. The fourth-order valence-corrected chi connectivity index (χ4v) is 3.12. The maximum Gasteiger partial charge on any atom is 0.239 e. The van der Waals surface area contributed by atoms with Crippen LogP contribution in [0.15, 0.2) is 24.5 Å². The first-order valence-electron chi connectivity index (χ1n) is 8.42. The van der Waals surface area contributed by atoms with Gasteiger partial charge in [0.1, 0.15) is 11.3 Å². The molecule has 0 bridgehead atoms. The van der Waals surface area contributed by atoms with Crippen LogP contribution in [0.5, 0.6) is 0 Å². The number of rotatable bonds is 6. The highest BCUT2D eigenvalue weighted by Gasteiger charge is 2.30. The number of likely N-dealkylation sites (N-methyl/N-ethyl adjacent to an activating group) is 1. The number of anilines is 1. The average molecular weight is 328 g/mol. The number of aromatic nitrogens is 3. The molecule has 1 aliphatic heterocycles. The molecule has 128 valence electrons. The Labute approximate surface area is 142 Å². The molecule has 1 saturated heterocycles. The van der Waals surface area contributed by atoms with E-state index in [9.17, 15) is 4.79 Å². The van der Waals surface area contributed by atoms with E-state index in [-0.39, 0.29) is 11.9 Å². The summed E-state index contributed by atoms with van der Waals surface area (Å²) in [4.78, 5) is 29.1. The molecule has 1 atom stereocenters. The summed E-state index contributed by atoms with van der Waals surface area (Å²) in [5.74, 6) is 1.03. The summed E-state index contributed by atoms with van der Waals surface area (Å²) in [6, 6.07) is 3.89. The van der Waals surface area contributed by atoms with E-state index in [1.165, 1.54) is 0 Å². The number of carbonyl (C=O) groups is 1. The summed E-state index contributed by atoms with van der Waals surface area (Å²) < 4.78 is 0. The highest BCUT2D eigenvalue weighted by atomic mass is 16.2. The number of hydrogen-bond donors (Lipinski definition) is 1. The minimum Gasteiger partial charge on any atom is -0.370 e. The largest absolute Gasteiger partial charge is 0.370 e. The van der Waals surface area contributed by atoms with Gasteiger partial charge in [0.25, 0.3) is 0 Å². The van der Waals surface area contributed by atoms with E-state index >= 15 is 0 Å². The third-order valence-electron chi connectivity index (χ3n) is 4.35. The van der Waals surface area contributed by atoms with Crippen LogP contribution in [0.1, 0.15) is 19.3 Å². The molecule has 0 saturated carbocycles. The molecule has 2 aromatic heterocycles. The highest BCUT2D eigenvalue weighted by Crippen LogP contribution is 2.19. The molecule has 7 nitrogen and oxygen atoms in total. The number of amides is 1. The van der Waals surface area contributed by atoms with Crippen LogP contribution in [0.2, 0.25) is 0 Å². The molecule has 3 rings (SSSR count). The van der Waals surface area contributed by atoms with Crippen molar-refractivity contribution in [1.29, 1.82) is 0 Å². The topological polar surface area (TPSA) is 74.2 Å². The SMILES string of the molecule is CN(C)C(=O)C1CCCN1CCCNc1ccc2nccnc2n1. The van der Waals surface area contributed by atoms with E-state index in [0.717, 1.165) is 50.2 Å². The molecule has 0 aliphatic carbocycles. The molecule has 24 heavy (non-hydrogen) atoms. The second-order valence-electron chi connectivity index (χ2n) is 6.30. The predicted molar refractivity (Wildman–Crippen MR) is 93.7 cm³/mol. The van der Waals surface area contributed by atoms with Crippen molar-refractivity contribution in [2.75, 3.05) is 39.0 Å². The maximum absolute atomic E-state index is 12.2. The van der Waals surface area contributed by atoms with Gasteiger partial charge in [-0.3, -0.25) is 14.7 Å². The smallest absolute Gasteiger partial charge is 0.239 e. The van der Waals surface area contributed by atoms with Crippen molar-refractivity contribution in [2.24, 2.45) is 0 Å². The first kappa shape index (κ1) is 16.6. The Morgan fingerprint density at radius 2 is 2.17 bits per heavy atom. The van der Waals surface area contributed by atoms with E-state index in [1.807, 2.05) is 26.2 Å². The van der Waals surface area contributed by atoms with Crippen molar-refractivity contribution >= 4 is 22.9 Å². The van der Waals surface area contributed by atoms with Gasteiger partial charge in [-0.05, 0) is 37.9 Å². The van der Waals surface area contributed by atoms with Gasteiger partial charge in [-0.15, -0.1) is 0 Å². The lowest BCUT2D eigenvalue weighted by molar-refractivity contribution is -0.133. The number of hydrogen-bond acceptors (Lipinski definition) is 6. The fraction of sp³-hybridized carbons (Fsp3) is 0.529. The van der Waals surface area contributed by atoms with Crippen molar-refractivity contribution in [3.05, 3.63) is 24.5 Å². The zero-order valence-corrected chi connectivity index (χ0v) is 14.3. The van der Waals surface area contributed by atoms with Crippen LogP contribution in [-0.2, 0) is 4.79 Å². The summed E-state index contributed by atoms with van der Waals surface area (Å²) in [6.45, 7) is 2.75. The van der Waals surface area contributed by atoms with E-state index < -0.39 is 0 Å². The Morgan fingerprint density at radius 3 is 3.00 bits per heavy atom. The van der Waals surface area contributed by atoms with E-state index in [0.29, 0.717) is 5.65 Å². The number of fused-ring (bicyclic) bond motifs is 1. The highest BCUT2D eigenvalue weighted by molar-refractivity contribution is 5.81. The van der Waals surface area contributed by atoms with Crippen LogP contribution < -0.4 is 5.32 Å². The number of carbonyl (C=O) groups excluding carboxylic acids is 1. The van der Waals surface area contributed by atoms with Crippen molar-refractivity contribution in [3.8, 4) is 0 Å². The quantitative estimate of drug-likeness (QED) is 0.808. The molecule has 1 N–H and O–H groups in total. The molecule has 3 heterocycles. The summed E-state index contributed by atoms with van der Waals surface area (Å²) in [5.41, 5.74) is 1.45. The van der Waals surface area contributed by atoms with Gasteiger partial charge in [-0.25, -0.2) is 9.97 Å². The monoisotopic (exact) mass is 328 g/mol. The second-order valence-corrected chi connectivity index (χ2v) is 6.30. The summed E-state index contributed by atoms with van der Waals surface area (Å²) >= 11 is 0. The molecule has 0 radical (unpaired) electrons. The minimum atomic E-state index is 0.0501. The normalized spacial score (nSPS) is 18.0. The van der Waals surface area contributed by atoms with Crippen molar-refractivity contribution in [2.45, 2.75) is 25.3 Å². The maximum atomic E-state index is 12.2. The summed E-state index contributed by atoms with van der Waals surface area (Å²) in [7, 11) is 3.66. The third-order valence-corrected chi connectivity index (χ3v) is 4.35. The standard InChI is InChI=1S/C17H24N6O/c1-22(2)17(24)14-5-3-11-23(14)12-4-8-19-15-7-6-13-16(21-15)20-10-9-18-13/h6-7,9-10,14H,3-5,8,11-12H2,1-2H3,(H,19,20,21). The molecule has 1 fully saturated rings. The zero-order valence-electron chi connectivity index (χ0n) is 14.3. The van der Waals surface area contributed by atoms with Gasteiger partial charge in [-0.2, -0.15) is 0 Å². The average Bonchev–Trinajstić information content (AvgIpc) is 3.06. The third kappa shape index (κ3) is 3.79. The molecule has 2 aromatic rings. The van der Waals surface area contributed by atoms with Crippen LogP contribution >= 0.6 is 0 Å². The molecule has 1 amide bonds. The van der Waals surface area contributed by atoms with Gasteiger partial charge in [0.15, 0.2) is 5.65 Å². The zero-order chi connectivity index (χ0) is 16.9.